The van der Waals surface area contributed by atoms with Crippen molar-refractivity contribution in [3.8, 4) is 10.6 Å². The zero-order valence-electron chi connectivity index (χ0n) is 13.2. The molecule has 0 aliphatic rings. The van der Waals surface area contributed by atoms with Gasteiger partial charge in [-0.05, 0) is 25.0 Å². The van der Waals surface area contributed by atoms with Crippen LogP contribution in [0.15, 0.2) is 22.7 Å². The fourth-order valence-electron chi connectivity index (χ4n) is 2.10. The van der Waals surface area contributed by atoms with E-state index in [0.717, 1.165) is 28.9 Å². The number of nitrogens with one attached hydrogen (secondary N) is 1. The molecule has 0 saturated heterocycles. The highest BCUT2D eigenvalue weighted by Gasteiger charge is 2.13. The van der Waals surface area contributed by atoms with Gasteiger partial charge in [-0.1, -0.05) is 55.3 Å². The molecule has 0 fully saturated rings. The molecule has 1 aromatic carbocycles. The largest absolute Gasteiger partial charge is 0.310 e. The fraction of sp³-hybridized carbons (Fsp3) is 0.471. The van der Waals surface area contributed by atoms with Crippen molar-refractivity contribution < 1.29 is 0 Å². The van der Waals surface area contributed by atoms with Crippen LogP contribution < -0.4 is 5.32 Å². The second-order valence-corrected chi connectivity index (χ2v) is 7.58. The zero-order valence-corrected chi connectivity index (χ0v) is 15.6. The predicted octanol–water partition coefficient (Wildman–Crippen LogP) is 5.33. The van der Waals surface area contributed by atoms with Crippen molar-refractivity contribution in [2.24, 2.45) is 0 Å². The quantitative estimate of drug-likeness (QED) is 0.746. The average Bonchev–Trinajstić information content (AvgIpc) is 2.83. The lowest BCUT2D eigenvalue weighted by molar-refractivity contribution is 0.589. The van der Waals surface area contributed by atoms with Crippen molar-refractivity contribution in [1.29, 1.82) is 0 Å². The molecule has 0 aliphatic heterocycles. The van der Waals surface area contributed by atoms with Crippen LogP contribution >= 0.6 is 27.3 Å². The van der Waals surface area contributed by atoms with Gasteiger partial charge in [0.25, 0.3) is 0 Å². The number of thiazole rings is 1. The van der Waals surface area contributed by atoms with Gasteiger partial charge in [0, 0.05) is 27.5 Å². The van der Waals surface area contributed by atoms with Crippen LogP contribution in [0.3, 0.4) is 0 Å². The maximum atomic E-state index is 4.88. The first-order valence-electron chi connectivity index (χ1n) is 7.49. The lowest BCUT2D eigenvalue weighted by Crippen LogP contribution is -2.21. The third-order valence-electron chi connectivity index (χ3n) is 3.35. The summed E-state index contributed by atoms with van der Waals surface area (Å²) in [7, 11) is 0. The fourth-order valence-corrected chi connectivity index (χ4v) is 3.53. The van der Waals surface area contributed by atoms with Crippen LogP contribution in [0, 0.1) is 6.92 Å². The molecule has 0 aliphatic carbocycles. The summed E-state index contributed by atoms with van der Waals surface area (Å²) in [5, 5.41) is 4.63. The number of nitrogens with zero attached hydrogens (tertiary/aromatic N) is 1. The number of hydrogen-bond acceptors (Lipinski definition) is 3. The van der Waals surface area contributed by atoms with Gasteiger partial charge >= 0.3 is 0 Å². The molecule has 2 rings (SSSR count). The summed E-state index contributed by atoms with van der Waals surface area (Å²) in [5.74, 6) is 0. The molecule has 4 heteroatoms. The van der Waals surface area contributed by atoms with E-state index in [1.54, 1.807) is 0 Å². The SMILES string of the molecule is CCCc1nc(-c2ccc(C)c(Br)c2)sc1CNC(C)C. The van der Waals surface area contributed by atoms with Crippen molar-refractivity contribution in [3.63, 3.8) is 0 Å². The Morgan fingerprint density at radius 3 is 2.71 bits per heavy atom. The van der Waals surface area contributed by atoms with E-state index in [0.29, 0.717) is 6.04 Å². The lowest BCUT2D eigenvalue weighted by Gasteiger charge is -2.07. The minimum Gasteiger partial charge on any atom is -0.310 e. The van der Waals surface area contributed by atoms with Crippen molar-refractivity contribution >= 4 is 27.3 Å². The third kappa shape index (κ3) is 4.38. The van der Waals surface area contributed by atoms with Crippen molar-refractivity contribution in [2.75, 3.05) is 0 Å². The van der Waals surface area contributed by atoms with E-state index in [-0.39, 0.29) is 0 Å². The van der Waals surface area contributed by atoms with E-state index in [2.05, 4.69) is 67.1 Å². The van der Waals surface area contributed by atoms with Crippen molar-refractivity contribution in [1.82, 2.24) is 10.3 Å². The minimum atomic E-state index is 0.499. The molecule has 2 aromatic rings. The van der Waals surface area contributed by atoms with Crippen molar-refractivity contribution in [2.45, 2.75) is 53.1 Å². The Balaban J connectivity index is 2.31. The first-order chi connectivity index (χ1) is 10.0. The molecule has 1 N–H and O–H groups in total. The van der Waals surface area contributed by atoms with Crippen LogP contribution in [0.25, 0.3) is 10.6 Å². The summed E-state index contributed by atoms with van der Waals surface area (Å²) in [5.41, 5.74) is 3.71. The molecule has 0 amide bonds. The molecular formula is C17H23BrN2S. The van der Waals surface area contributed by atoms with Gasteiger partial charge in [0.05, 0.1) is 5.69 Å². The van der Waals surface area contributed by atoms with Crippen LogP contribution in [0.5, 0.6) is 0 Å². The molecule has 1 aromatic heterocycles. The Hall–Kier alpha value is -0.710. The Morgan fingerprint density at radius 2 is 2.10 bits per heavy atom. The summed E-state index contributed by atoms with van der Waals surface area (Å²) >= 11 is 5.43. The molecule has 0 atom stereocenters. The van der Waals surface area contributed by atoms with E-state index in [9.17, 15) is 0 Å². The second-order valence-electron chi connectivity index (χ2n) is 5.64. The summed E-state index contributed by atoms with van der Waals surface area (Å²) in [6.45, 7) is 9.59. The molecule has 0 bridgehead atoms. The average molecular weight is 367 g/mol. The van der Waals surface area contributed by atoms with Crippen LogP contribution in [0.2, 0.25) is 0 Å². The van der Waals surface area contributed by atoms with Gasteiger partial charge in [-0.25, -0.2) is 4.98 Å². The number of rotatable bonds is 6. The lowest BCUT2D eigenvalue weighted by atomic mass is 10.1. The topological polar surface area (TPSA) is 24.9 Å². The summed E-state index contributed by atoms with van der Waals surface area (Å²) < 4.78 is 1.15. The van der Waals surface area contributed by atoms with E-state index in [1.165, 1.54) is 21.7 Å². The normalized spacial score (nSPS) is 11.3. The molecule has 114 valence electrons. The van der Waals surface area contributed by atoms with E-state index >= 15 is 0 Å². The second kappa shape index (κ2) is 7.52. The molecule has 0 saturated carbocycles. The Labute approximate surface area is 140 Å². The summed E-state index contributed by atoms with van der Waals surface area (Å²) in [6, 6.07) is 6.98. The number of aromatic nitrogens is 1. The van der Waals surface area contributed by atoms with Crippen molar-refractivity contribution in [3.05, 3.63) is 38.8 Å². The highest BCUT2D eigenvalue weighted by Crippen LogP contribution is 2.31. The zero-order chi connectivity index (χ0) is 15.4. The van der Waals surface area contributed by atoms with Gasteiger partial charge in [-0.2, -0.15) is 0 Å². The molecule has 1 heterocycles. The number of benzene rings is 1. The van der Waals surface area contributed by atoms with Gasteiger partial charge in [-0.15, -0.1) is 11.3 Å². The molecule has 0 spiro atoms. The predicted molar refractivity (Wildman–Crippen MR) is 96.0 cm³/mol. The van der Waals surface area contributed by atoms with E-state index < -0.39 is 0 Å². The Morgan fingerprint density at radius 1 is 1.33 bits per heavy atom. The highest BCUT2D eigenvalue weighted by atomic mass is 79.9. The molecule has 21 heavy (non-hydrogen) atoms. The van der Waals surface area contributed by atoms with Crippen LogP contribution in [0.1, 0.15) is 43.3 Å². The highest BCUT2D eigenvalue weighted by molar-refractivity contribution is 9.10. The van der Waals surface area contributed by atoms with Crippen LogP contribution in [-0.4, -0.2) is 11.0 Å². The maximum absolute atomic E-state index is 4.88. The molecule has 0 radical (unpaired) electrons. The monoisotopic (exact) mass is 366 g/mol. The smallest absolute Gasteiger partial charge is 0.123 e. The van der Waals surface area contributed by atoms with Crippen LogP contribution in [-0.2, 0) is 13.0 Å². The van der Waals surface area contributed by atoms with E-state index in [1.807, 2.05) is 11.3 Å². The van der Waals surface area contributed by atoms with Gasteiger partial charge in [0.1, 0.15) is 5.01 Å². The minimum absolute atomic E-state index is 0.499. The first-order valence-corrected chi connectivity index (χ1v) is 9.10. The summed E-state index contributed by atoms with van der Waals surface area (Å²) in [4.78, 5) is 6.25. The number of halogens is 1. The number of aryl methyl sites for hydroxylation is 2. The maximum Gasteiger partial charge on any atom is 0.123 e. The third-order valence-corrected chi connectivity index (χ3v) is 5.36. The number of hydrogen-bond donors (Lipinski definition) is 1. The first kappa shape index (κ1) is 16.7. The Bertz CT molecular complexity index is 605. The van der Waals surface area contributed by atoms with Gasteiger partial charge in [0.15, 0.2) is 0 Å². The summed E-state index contributed by atoms with van der Waals surface area (Å²) in [6.07, 6.45) is 2.19. The van der Waals surface area contributed by atoms with Crippen LogP contribution in [0.4, 0.5) is 0 Å². The molecule has 0 unspecified atom stereocenters. The Kier molecular flexibility index (Phi) is 5.97. The van der Waals surface area contributed by atoms with Gasteiger partial charge in [0.2, 0.25) is 0 Å². The van der Waals surface area contributed by atoms with E-state index in [4.69, 9.17) is 4.98 Å². The molecular weight excluding hydrogens is 344 g/mol. The standard InChI is InChI=1S/C17H23BrN2S/c1-5-6-15-16(10-19-11(2)3)21-17(20-15)13-8-7-12(4)14(18)9-13/h7-9,11,19H,5-6,10H2,1-4H3. The van der Waals surface area contributed by atoms with Gasteiger partial charge in [-0.3, -0.25) is 0 Å². The molecule has 2 nitrogen and oxygen atoms in total. The van der Waals surface area contributed by atoms with Gasteiger partial charge < -0.3 is 5.32 Å².